The summed E-state index contributed by atoms with van der Waals surface area (Å²) >= 11 is 3.11. The summed E-state index contributed by atoms with van der Waals surface area (Å²) in [7, 11) is 0. The van der Waals surface area contributed by atoms with Crippen LogP contribution in [-0.4, -0.2) is 56.1 Å². The Labute approximate surface area is 115 Å². The van der Waals surface area contributed by atoms with E-state index in [4.69, 9.17) is 10.8 Å². The number of hydrogen-bond donors (Lipinski definition) is 2. The lowest BCUT2D eigenvalue weighted by Crippen LogP contribution is -2.66. The quantitative estimate of drug-likeness (QED) is 0.207. The molecule has 1 rings (SSSR count). The highest BCUT2D eigenvalue weighted by Crippen LogP contribution is 2.28. The Bertz CT molecular complexity index is 340. The zero-order chi connectivity index (χ0) is 13.0. The predicted molar refractivity (Wildman–Crippen MR) is 68.5 cm³/mol. The maximum Gasteiger partial charge on any atom is 0.341 e. The maximum absolute atomic E-state index is 11.3. The van der Waals surface area contributed by atoms with E-state index in [9.17, 15) is 14.4 Å². The summed E-state index contributed by atoms with van der Waals surface area (Å²) in [4.78, 5) is 32.6. The molecule has 0 saturated carbocycles. The molecule has 1 aliphatic heterocycles. The van der Waals surface area contributed by atoms with Crippen molar-refractivity contribution < 1.29 is 24.2 Å². The van der Waals surface area contributed by atoms with Gasteiger partial charge < -0.3 is 15.6 Å². The third-order valence-corrected chi connectivity index (χ3v) is 4.05. The number of carboxylic acid groups (broad SMARTS) is 1. The molecule has 17 heavy (non-hydrogen) atoms. The Morgan fingerprint density at radius 1 is 1.59 bits per heavy atom. The molecule has 0 bridgehead atoms. The Balaban J connectivity index is 2.29. The molecular formula is C8H11IN2O5S. The number of aliphatic carboxylic acids is 1. The van der Waals surface area contributed by atoms with E-state index >= 15 is 0 Å². The number of amides is 1. The van der Waals surface area contributed by atoms with Crippen LogP contribution in [0.4, 0.5) is 0 Å². The molecule has 96 valence electrons. The van der Waals surface area contributed by atoms with Crippen LogP contribution < -0.4 is 5.73 Å². The summed E-state index contributed by atoms with van der Waals surface area (Å²) < 4.78 is 6.54. The van der Waals surface area contributed by atoms with Crippen molar-refractivity contribution in [1.29, 1.82) is 0 Å². The normalized spacial score (nSPS) is 23.2. The number of β-lactam (4-membered cyclic amide) rings is 1. The number of carboxylic acids is 1. The first kappa shape index (κ1) is 14.5. The van der Waals surface area contributed by atoms with E-state index in [1.165, 1.54) is 4.31 Å². The average molecular weight is 374 g/mol. The molecule has 7 nitrogen and oxygen atoms in total. The lowest BCUT2D eigenvalue weighted by molar-refractivity contribution is -0.153. The van der Waals surface area contributed by atoms with Gasteiger partial charge in [0.25, 0.3) is 5.91 Å². The van der Waals surface area contributed by atoms with E-state index in [-0.39, 0.29) is 17.7 Å². The van der Waals surface area contributed by atoms with E-state index in [1.807, 2.05) is 0 Å². The number of carbonyl (C=O) groups is 3. The van der Waals surface area contributed by atoms with Crippen molar-refractivity contribution >= 4 is 52.4 Å². The molecule has 1 aliphatic rings. The van der Waals surface area contributed by atoms with E-state index < -0.39 is 24.6 Å². The van der Waals surface area contributed by atoms with Crippen molar-refractivity contribution in [3.63, 3.8) is 0 Å². The van der Waals surface area contributed by atoms with Crippen LogP contribution in [0.2, 0.25) is 0 Å². The summed E-state index contributed by atoms with van der Waals surface area (Å²) in [6.45, 7) is -0.664. The van der Waals surface area contributed by atoms with Gasteiger partial charge in [0.05, 0.1) is 6.04 Å². The number of ether oxygens (including phenoxy) is 1. The highest BCUT2D eigenvalue weighted by molar-refractivity contribution is 14.1. The van der Waals surface area contributed by atoms with Gasteiger partial charge in [0.1, 0.15) is 11.8 Å². The first-order valence-electron chi connectivity index (χ1n) is 4.62. The van der Waals surface area contributed by atoms with Crippen molar-refractivity contribution in [3.8, 4) is 0 Å². The van der Waals surface area contributed by atoms with Gasteiger partial charge in [-0.2, -0.15) is 0 Å². The highest BCUT2D eigenvalue weighted by atomic mass is 127. The lowest BCUT2D eigenvalue weighted by atomic mass is 10.0. The molecule has 1 saturated heterocycles. The standard InChI is InChI=1S/C8H11IN2O5S/c9-1-4-7(10)8(15)11(4)17-3-6(14)16-2-5(12)13/h4,7H,1-3,10H2,(H,12,13)/t4-,7+/m1/s1. The highest BCUT2D eigenvalue weighted by Gasteiger charge is 2.44. The minimum absolute atomic E-state index is 0.0830. The van der Waals surface area contributed by atoms with E-state index in [2.05, 4.69) is 27.3 Å². The lowest BCUT2D eigenvalue weighted by Gasteiger charge is -2.43. The molecule has 0 unspecified atom stereocenters. The Morgan fingerprint density at radius 2 is 2.24 bits per heavy atom. The number of hydrogen-bond acceptors (Lipinski definition) is 6. The molecule has 1 heterocycles. The number of alkyl halides is 1. The first-order valence-corrected chi connectivity index (χ1v) is 7.09. The minimum atomic E-state index is -1.21. The predicted octanol–water partition coefficient (Wildman–Crippen LogP) is -0.764. The zero-order valence-electron chi connectivity index (χ0n) is 8.67. The monoisotopic (exact) mass is 374 g/mol. The number of rotatable bonds is 6. The fraction of sp³-hybridized carbons (Fsp3) is 0.625. The molecule has 1 amide bonds. The van der Waals surface area contributed by atoms with Crippen LogP contribution in [0.15, 0.2) is 0 Å². The first-order chi connectivity index (χ1) is 7.97. The molecule has 0 spiro atoms. The van der Waals surface area contributed by atoms with Crippen LogP contribution in [0.1, 0.15) is 0 Å². The fourth-order valence-electron chi connectivity index (χ4n) is 1.16. The van der Waals surface area contributed by atoms with Gasteiger partial charge >= 0.3 is 11.9 Å². The minimum Gasteiger partial charge on any atom is -0.479 e. The fourth-order valence-corrected chi connectivity index (χ4v) is 3.35. The second kappa shape index (κ2) is 6.40. The summed E-state index contributed by atoms with van der Waals surface area (Å²) in [6, 6.07) is -0.588. The van der Waals surface area contributed by atoms with Crippen LogP contribution in [0, 0.1) is 0 Å². The third-order valence-electron chi connectivity index (χ3n) is 2.05. The molecule has 0 aromatic carbocycles. The van der Waals surface area contributed by atoms with Crippen LogP contribution in [0.5, 0.6) is 0 Å². The zero-order valence-corrected chi connectivity index (χ0v) is 11.6. The van der Waals surface area contributed by atoms with Gasteiger partial charge in [0.2, 0.25) is 0 Å². The number of nitrogens with two attached hydrogens (primary N) is 1. The third kappa shape index (κ3) is 3.71. The molecule has 3 N–H and O–H groups in total. The van der Waals surface area contributed by atoms with Crippen molar-refractivity contribution in [2.75, 3.05) is 16.8 Å². The van der Waals surface area contributed by atoms with Crippen molar-refractivity contribution in [2.24, 2.45) is 5.73 Å². The van der Waals surface area contributed by atoms with Gasteiger partial charge in [-0.3, -0.25) is 13.9 Å². The molecule has 0 radical (unpaired) electrons. The summed E-state index contributed by atoms with van der Waals surface area (Å²) in [5.74, 6) is -2.20. The van der Waals surface area contributed by atoms with Gasteiger partial charge in [-0.1, -0.05) is 22.6 Å². The number of nitrogens with zero attached hydrogens (tertiary/aromatic N) is 1. The topological polar surface area (TPSA) is 110 Å². The second-order valence-electron chi connectivity index (χ2n) is 3.24. The van der Waals surface area contributed by atoms with Gasteiger partial charge in [0.15, 0.2) is 6.61 Å². The second-order valence-corrected chi connectivity index (χ2v) is 5.06. The Hall–Kier alpha value is -0.550. The average Bonchev–Trinajstić information content (AvgIpc) is 2.30. The van der Waals surface area contributed by atoms with Crippen LogP contribution in [-0.2, 0) is 19.1 Å². The van der Waals surface area contributed by atoms with E-state index in [1.54, 1.807) is 0 Å². The maximum atomic E-state index is 11.3. The van der Waals surface area contributed by atoms with Crippen LogP contribution >= 0.6 is 34.5 Å². The number of carbonyl (C=O) groups excluding carboxylic acids is 2. The van der Waals surface area contributed by atoms with Crippen LogP contribution in [0.3, 0.4) is 0 Å². The van der Waals surface area contributed by atoms with Gasteiger partial charge in [-0.15, -0.1) is 0 Å². The van der Waals surface area contributed by atoms with Gasteiger partial charge in [0, 0.05) is 4.43 Å². The largest absolute Gasteiger partial charge is 0.479 e. The summed E-state index contributed by atoms with van der Waals surface area (Å²) in [5, 5.41) is 8.29. The molecular weight excluding hydrogens is 363 g/mol. The molecule has 1 fully saturated rings. The smallest absolute Gasteiger partial charge is 0.341 e. The van der Waals surface area contributed by atoms with E-state index in [0.717, 1.165) is 11.9 Å². The number of halogens is 1. The summed E-state index contributed by atoms with van der Waals surface area (Å²) in [6.07, 6.45) is 0. The molecule has 0 aromatic rings. The SMILES string of the molecule is N[C@@H]1C(=O)N(SCC(=O)OCC(=O)O)[C@@H]1CI. The molecule has 0 aliphatic carbocycles. The van der Waals surface area contributed by atoms with Crippen molar-refractivity contribution in [1.82, 2.24) is 4.31 Å². The Morgan fingerprint density at radius 3 is 2.76 bits per heavy atom. The summed E-state index contributed by atoms with van der Waals surface area (Å²) in [5.41, 5.74) is 5.57. The van der Waals surface area contributed by atoms with Gasteiger partial charge in [-0.05, 0) is 11.9 Å². The van der Waals surface area contributed by atoms with E-state index in [0.29, 0.717) is 4.43 Å². The molecule has 9 heteroatoms. The molecule has 0 aromatic heterocycles. The van der Waals surface area contributed by atoms with Crippen molar-refractivity contribution in [3.05, 3.63) is 0 Å². The van der Waals surface area contributed by atoms with Gasteiger partial charge in [-0.25, -0.2) is 4.79 Å². The molecule has 2 atom stereocenters. The number of esters is 1. The van der Waals surface area contributed by atoms with Crippen molar-refractivity contribution in [2.45, 2.75) is 12.1 Å². The van der Waals surface area contributed by atoms with Crippen LogP contribution in [0.25, 0.3) is 0 Å². The Kier molecular flexibility index (Phi) is 5.46.